The summed E-state index contributed by atoms with van der Waals surface area (Å²) in [4.78, 5) is 74.2. The van der Waals surface area contributed by atoms with Crippen molar-refractivity contribution in [3.8, 4) is 11.5 Å². The van der Waals surface area contributed by atoms with Crippen LogP contribution >= 0.6 is 0 Å². The molecule has 1 atom stereocenters. The number of hydrogen-bond acceptors (Lipinski definition) is 8. The maximum Gasteiger partial charge on any atom is 0.330 e. The zero-order valence-electron chi connectivity index (χ0n) is 19.4. The zero-order chi connectivity index (χ0) is 26.4. The van der Waals surface area contributed by atoms with Crippen molar-refractivity contribution in [2.45, 2.75) is 26.4 Å². The number of hydrogen-bond donors (Lipinski definition) is 2. The van der Waals surface area contributed by atoms with Crippen LogP contribution in [-0.4, -0.2) is 63.7 Å². The molecular formula is C24H23N3O9. The Balaban J connectivity index is 1.70. The first-order valence-electron chi connectivity index (χ1n) is 10.8. The molecule has 4 amide bonds. The first-order chi connectivity index (χ1) is 17.1. The van der Waals surface area contributed by atoms with Gasteiger partial charge in [-0.2, -0.15) is 0 Å². The fourth-order valence-corrected chi connectivity index (χ4v) is 3.50. The number of carbonyl (C=O) groups is 6. The normalized spacial score (nSPS) is 14.2. The Morgan fingerprint density at radius 1 is 0.917 bits per heavy atom. The molecule has 0 radical (unpaired) electrons. The summed E-state index contributed by atoms with van der Waals surface area (Å²) in [6, 6.07) is 9.83. The summed E-state index contributed by atoms with van der Waals surface area (Å²) in [5.41, 5.74) is 0.771. The second-order valence-corrected chi connectivity index (χ2v) is 7.78. The highest BCUT2D eigenvalue weighted by Crippen LogP contribution is 2.29. The SMILES string of the molecule is CC(=O)Oc1ccc(CN2CCN(C(=O)NC(C(=O)O)c3ccccc3)C(=O)C2=O)cc1OC(C)=O. The molecule has 3 rings (SSSR count). The molecule has 0 aliphatic carbocycles. The number of carbonyl (C=O) groups excluding carboxylic acids is 5. The number of nitrogens with zero attached hydrogens (tertiary/aromatic N) is 2. The van der Waals surface area contributed by atoms with Gasteiger partial charge < -0.3 is 24.8 Å². The molecule has 36 heavy (non-hydrogen) atoms. The number of benzene rings is 2. The highest BCUT2D eigenvalue weighted by molar-refractivity contribution is 6.38. The summed E-state index contributed by atoms with van der Waals surface area (Å²) in [6.45, 7) is 2.11. The van der Waals surface area contributed by atoms with Gasteiger partial charge in [-0.05, 0) is 23.3 Å². The summed E-state index contributed by atoms with van der Waals surface area (Å²) in [5.74, 6) is -4.71. The zero-order valence-corrected chi connectivity index (χ0v) is 19.4. The maximum absolute atomic E-state index is 12.7. The van der Waals surface area contributed by atoms with Crippen molar-refractivity contribution < 1.29 is 43.3 Å². The number of ether oxygens (including phenoxy) is 2. The third kappa shape index (κ3) is 6.23. The van der Waals surface area contributed by atoms with E-state index in [2.05, 4.69) is 5.32 Å². The van der Waals surface area contributed by atoms with Gasteiger partial charge in [0.25, 0.3) is 0 Å². The molecule has 1 saturated heterocycles. The Morgan fingerprint density at radius 2 is 1.56 bits per heavy atom. The van der Waals surface area contributed by atoms with Gasteiger partial charge in [-0.3, -0.25) is 24.1 Å². The average Bonchev–Trinajstić information content (AvgIpc) is 2.82. The number of carboxylic acids is 1. The van der Waals surface area contributed by atoms with Crippen LogP contribution in [0.25, 0.3) is 0 Å². The Labute approximate surface area is 205 Å². The number of esters is 2. The highest BCUT2D eigenvalue weighted by Gasteiger charge is 2.37. The third-order valence-corrected chi connectivity index (χ3v) is 5.09. The van der Waals surface area contributed by atoms with E-state index < -0.39 is 41.8 Å². The number of carboxylic acid groups (broad SMARTS) is 1. The van der Waals surface area contributed by atoms with Gasteiger partial charge in [-0.1, -0.05) is 36.4 Å². The lowest BCUT2D eigenvalue weighted by atomic mass is 10.1. The molecule has 1 heterocycles. The Kier molecular flexibility index (Phi) is 8.00. The molecule has 2 aromatic carbocycles. The molecule has 0 bridgehead atoms. The molecule has 12 nitrogen and oxygen atoms in total. The predicted molar refractivity (Wildman–Crippen MR) is 122 cm³/mol. The lowest BCUT2D eigenvalue weighted by Crippen LogP contribution is -2.58. The van der Waals surface area contributed by atoms with E-state index in [0.717, 1.165) is 0 Å². The molecule has 0 saturated carbocycles. The van der Waals surface area contributed by atoms with Crippen molar-refractivity contribution in [3.63, 3.8) is 0 Å². The molecule has 1 aliphatic rings. The summed E-state index contributed by atoms with van der Waals surface area (Å²) >= 11 is 0. The summed E-state index contributed by atoms with van der Waals surface area (Å²) in [7, 11) is 0. The quantitative estimate of drug-likeness (QED) is 0.326. The molecule has 0 aromatic heterocycles. The van der Waals surface area contributed by atoms with Crippen LogP contribution in [0.2, 0.25) is 0 Å². The van der Waals surface area contributed by atoms with E-state index in [-0.39, 0.29) is 31.1 Å². The molecular weight excluding hydrogens is 474 g/mol. The van der Waals surface area contributed by atoms with Crippen LogP contribution in [-0.2, 0) is 30.5 Å². The highest BCUT2D eigenvalue weighted by atomic mass is 16.6. The van der Waals surface area contributed by atoms with Gasteiger partial charge in [-0.15, -0.1) is 0 Å². The Bertz CT molecular complexity index is 1210. The van der Waals surface area contributed by atoms with E-state index in [1.165, 1.54) is 49.1 Å². The van der Waals surface area contributed by atoms with Gasteiger partial charge in [0.15, 0.2) is 17.5 Å². The first kappa shape index (κ1) is 25.9. The van der Waals surface area contributed by atoms with Crippen molar-refractivity contribution in [1.82, 2.24) is 15.1 Å². The molecule has 0 spiro atoms. The first-order valence-corrected chi connectivity index (χ1v) is 10.8. The standard InChI is InChI=1S/C24H23N3O9/c1-14(28)35-18-9-8-16(12-19(18)36-15(2)29)13-26-10-11-27(22(31)21(26)30)24(34)25-20(23(32)33)17-6-4-3-5-7-17/h3-9,12,20H,10-11,13H2,1-2H3,(H,25,34)(H,32,33). The number of amides is 4. The smallest absolute Gasteiger partial charge is 0.330 e. The van der Waals surface area contributed by atoms with E-state index in [1.807, 2.05) is 0 Å². The number of piperazine rings is 1. The number of urea groups is 1. The molecule has 188 valence electrons. The number of imide groups is 1. The van der Waals surface area contributed by atoms with Crippen LogP contribution in [0.15, 0.2) is 48.5 Å². The van der Waals surface area contributed by atoms with Crippen molar-refractivity contribution >= 4 is 35.8 Å². The van der Waals surface area contributed by atoms with Crippen LogP contribution in [0.5, 0.6) is 11.5 Å². The molecule has 12 heteroatoms. The molecule has 1 fully saturated rings. The van der Waals surface area contributed by atoms with Crippen LogP contribution in [0.4, 0.5) is 4.79 Å². The monoisotopic (exact) mass is 497 g/mol. The molecule has 1 unspecified atom stereocenters. The van der Waals surface area contributed by atoms with Crippen LogP contribution < -0.4 is 14.8 Å². The fourth-order valence-electron chi connectivity index (χ4n) is 3.50. The Morgan fingerprint density at radius 3 is 2.17 bits per heavy atom. The van der Waals surface area contributed by atoms with Crippen LogP contribution in [0, 0.1) is 0 Å². The average molecular weight is 497 g/mol. The minimum atomic E-state index is -1.41. The van der Waals surface area contributed by atoms with Crippen molar-refractivity contribution in [2.75, 3.05) is 13.1 Å². The third-order valence-electron chi connectivity index (χ3n) is 5.09. The second kappa shape index (κ2) is 11.1. The minimum Gasteiger partial charge on any atom is -0.479 e. The van der Waals surface area contributed by atoms with E-state index in [1.54, 1.807) is 18.2 Å². The van der Waals surface area contributed by atoms with Crippen molar-refractivity contribution in [1.29, 1.82) is 0 Å². The summed E-state index contributed by atoms with van der Waals surface area (Å²) in [6.07, 6.45) is 0. The van der Waals surface area contributed by atoms with Crippen LogP contribution in [0.1, 0.15) is 31.0 Å². The van der Waals surface area contributed by atoms with Gasteiger partial charge in [-0.25, -0.2) is 9.59 Å². The van der Waals surface area contributed by atoms with E-state index in [9.17, 15) is 33.9 Å². The number of nitrogens with one attached hydrogen (secondary N) is 1. The van der Waals surface area contributed by atoms with Gasteiger partial charge in [0.05, 0.1) is 0 Å². The van der Waals surface area contributed by atoms with E-state index >= 15 is 0 Å². The fraction of sp³-hybridized carbons (Fsp3) is 0.250. The van der Waals surface area contributed by atoms with Crippen molar-refractivity contribution in [2.24, 2.45) is 0 Å². The van der Waals surface area contributed by atoms with Gasteiger partial charge in [0.2, 0.25) is 0 Å². The number of aliphatic carboxylic acids is 1. The van der Waals surface area contributed by atoms with Crippen LogP contribution in [0.3, 0.4) is 0 Å². The van der Waals surface area contributed by atoms with Crippen molar-refractivity contribution in [3.05, 3.63) is 59.7 Å². The van der Waals surface area contributed by atoms with E-state index in [4.69, 9.17) is 9.47 Å². The predicted octanol–water partition coefficient (Wildman–Crippen LogP) is 1.24. The second-order valence-electron chi connectivity index (χ2n) is 7.78. The van der Waals surface area contributed by atoms with Gasteiger partial charge >= 0.3 is 35.8 Å². The number of rotatable bonds is 7. The summed E-state index contributed by atoms with van der Waals surface area (Å²) in [5, 5.41) is 11.8. The lowest BCUT2D eigenvalue weighted by Gasteiger charge is -2.33. The van der Waals surface area contributed by atoms with Gasteiger partial charge in [0.1, 0.15) is 0 Å². The minimum absolute atomic E-state index is 0.0109. The van der Waals surface area contributed by atoms with Gasteiger partial charge in [0, 0.05) is 33.5 Å². The lowest BCUT2D eigenvalue weighted by molar-refractivity contribution is -0.154. The molecule has 1 aliphatic heterocycles. The summed E-state index contributed by atoms with van der Waals surface area (Å²) < 4.78 is 10.1. The Hall–Kier alpha value is -4.74. The molecule has 2 N–H and O–H groups in total. The van der Waals surface area contributed by atoms with E-state index in [0.29, 0.717) is 16.0 Å². The maximum atomic E-state index is 12.7. The largest absolute Gasteiger partial charge is 0.479 e. The topological polar surface area (TPSA) is 160 Å². The molecule has 2 aromatic rings.